The summed E-state index contributed by atoms with van der Waals surface area (Å²) in [5, 5.41) is 21.6. The molecule has 140 valence electrons. The van der Waals surface area contributed by atoms with E-state index in [0.29, 0.717) is 17.7 Å². The molecule has 1 aromatic heterocycles. The number of rotatable bonds is 8. The summed E-state index contributed by atoms with van der Waals surface area (Å²) >= 11 is 1.24. The van der Waals surface area contributed by atoms with Gasteiger partial charge >= 0.3 is 5.97 Å². The second kappa shape index (κ2) is 8.93. The molecule has 1 fully saturated rings. The lowest BCUT2D eigenvalue weighted by Gasteiger charge is -2.25. The number of hydrogen-bond acceptors (Lipinski definition) is 6. The van der Waals surface area contributed by atoms with Crippen molar-refractivity contribution in [3.05, 3.63) is 30.1 Å². The van der Waals surface area contributed by atoms with Gasteiger partial charge in [0.05, 0.1) is 19.4 Å². The van der Waals surface area contributed by atoms with Crippen LogP contribution in [0.1, 0.15) is 44.0 Å². The van der Waals surface area contributed by atoms with Crippen molar-refractivity contribution in [2.75, 3.05) is 18.2 Å². The first-order valence-electron chi connectivity index (χ1n) is 8.83. The minimum absolute atomic E-state index is 0.00579. The summed E-state index contributed by atoms with van der Waals surface area (Å²) in [5.74, 6) is 0.784. The molecule has 2 N–H and O–H groups in total. The van der Waals surface area contributed by atoms with Crippen LogP contribution in [0.4, 0.5) is 5.69 Å². The van der Waals surface area contributed by atoms with E-state index in [9.17, 15) is 4.79 Å². The highest BCUT2D eigenvalue weighted by molar-refractivity contribution is 7.99. The molecule has 0 aliphatic heterocycles. The Balaban J connectivity index is 1.77. The summed E-state index contributed by atoms with van der Waals surface area (Å²) in [6, 6.07) is 8.08. The van der Waals surface area contributed by atoms with Gasteiger partial charge in [-0.1, -0.05) is 37.1 Å². The van der Waals surface area contributed by atoms with Crippen LogP contribution in [0.25, 0.3) is 0 Å². The summed E-state index contributed by atoms with van der Waals surface area (Å²) in [6.45, 7) is 0.532. The van der Waals surface area contributed by atoms with E-state index in [1.807, 2.05) is 24.3 Å². The summed E-state index contributed by atoms with van der Waals surface area (Å²) < 4.78 is 7.39. The molecule has 0 amide bonds. The van der Waals surface area contributed by atoms with E-state index in [0.717, 1.165) is 30.1 Å². The molecule has 8 heteroatoms. The Kier molecular flexibility index (Phi) is 6.38. The predicted octanol–water partition coefficient (Wildman–Crippen LogP) is 3.58. The van der Waals surface area contributed by atoms with Gasteiger partial charge in [-0.15, -0.1) is 10.2 Å². The number of hydrogen-bond donors (Lipinski definition) is 2. The Morgan fingerprint density at radius 2 is 2.15 bits per heavy atom. The fraction of sp³-hybridized carbons (Fsp3) is 0.500. The quantitative estimate of drug-likeness (QED) is 0.681. The Morgan fingerprint density at radius 3 is 2.88 bits per heavy atom. The molecule has 0 radical (unpaired) electrons. The maximum absolute atomic E-state index is 10.9. The number of nitrogens with one attached hydrogen (secondary N) is 1. The highest BCUT2D eigenvalue weighted by Gasteiger charge is 2.23. The van der Waals surface area contributed by atoms with E-state index in [4.69, 9.17) is 9.84 Å². The van der Waals surface area contributed by atoms with Gasteiger partial charge in [0, 0.05) is 17.8 Å². The zero-order chi connectivity index (χ0) is 18.4. The van der Waals surface area contributed by atoms with Gasteiger partial charge in [-0.2, -0.15) is 0 Å². The minimum atomic E-state index is -0.843. The number of benzene rings is 1. The average Bonchev–Trinajstić information content (AvgIpc) is 3.08. The molecule has 0 bridgehead atoms. The summed E-state index contributed by atoms with van der Waals surface area (Å²) in [6.07, 6.45) is 5.81. The maximum atomic E-state index is 10.9. The standard InChI is InChI=1S/C18H24N4O3S/c1-25-15-9-5-6-13(10-15)19-11-16-20-21-18(26-12-17(23)24)22(16)14-7-3-2-4-8-14/h5-6,9-10,14,19H,2-4,7-8,11-12H2,1H3,(H,23,24). The number of methoxy groups -OCH3 is 1. The van der Waals surface area contributed by atoms with Crippen molar-refractivity contribution in [1.82, 2.24) is 14.8 Å². The van der Waals surface area contributed by atoms with Gasteiger partial charge in [-0.3, -0.25) is 4.79 Å². The van der Waals surface area contributed by atoms with Crippen LogP contribution in [0.3, 0.4) is 0 Å². The maximum Gasteiger partial charge on any atom is 0.313 e. The summed E-state index contributed by atoms with van der Waals surface area (Å²) in [5.41, 5.74) is 0.947. The van der Waals surface area contributed by atoms with Crippen LogP contribution in [0.2, 0.25) is 0 Å². The molecule has 1 aromatic carbocycles. The molecular weight excluding hydrogens is 352 g/mol. The number of aromatic nitrogens is 3. The van der Waals surface area contributed by atoms with Crippen LogP contribution in [0.15, 0.2) is 29.4 Å². The van der Waals surface area contributed by atoms with Crippen LogP contribution < -0.4 is 10.1 Å². The van der Waals surface area contributed by atoms with Crippen LogP contribution >= 0.6 is 11.8 Å². The molecule has 0 spiro atoms. The van der Waals surface area contributed by atoms with Gasteiger partial charge < -0.3 is 19.7 Å². The van der Waals surface area contributed by atoms with Crippen LogP contribution in [-0.2, 0) is 11.3 Å². The Hall–Kier alpha value is -2.22. The Morgan fingerprint density at radius 1 is 1.35 bits per heavy atom. The van der Waals surface area contributed by atoms with Crippen molar-refractivity contribution in [2.24, 2.45) is 0 Å². The SMILES string of the molecule is COc1cccc(NCc2nnc(SCC(=O)O)n2C2CCCCC2)c1. The van der Waals surface area contributed by atoms with E-state index in [1.165, 1.54) is 31.0 Å². The third-order valence-corrected chi connectivity index (χ3v) is 5.45. The monoisotopic (exact) mass is 376 g/mol. The van der Waals surface area contributed by atoms with Crippen LogP contribution in [0.5, 0.6) is 5.75 Å². The van der Waals surface area contributed by atoms with E-state index in [1.54, 1.807) is 7.11 Å². The number of anilines is 1. The molecular formula is C18H24N4O3S. The molecule has 26 heavy (non-hydrogen) atoms. The van der Waals surface area contributed by atoms with Gasteiger partial charge in [-0.25, -0.2) is 0 Å². The number of carboxylic acids is 1. The van der Waals surface area contributed by atoms with Crippen LogP contribution in [0, 0.1) is 0 Å². The average molecular weight is 376 g/mol. The van der Waals surface area contributed by atoms with Crippen molar-refractivity contribution in [2.45, 2.75) is 49.8 Å². The lowest BCUT2D eigenvalue weighted by molar-refractivity contribution is -0.133. The molecule has 2 aromatic rings. The van der Waals surface area contributed by atoms with Crippen molar-refractivity contribution in [3.63, 3.8) is 0 Å². The number of aliphatic carboxylic acids is 1. The lowest BCUT2D eigenvalue weighted by Crippen LogP contribution is -2.18. The van der Waals surface area contributed by atoms with Crippen molar-refractivity contribution >= 4 is 23.4 Å². The Bertz CT molecular complexity index is 744. The molecule has 1 heterocycles. The third kappa shape index (κ3) is 4.69. The first kappa shape index (κ1) is 18.6. The Labute approximate surface area is 157 Å². The normalized spacial score (nSPS) is 15.0. The van der Waals surface area contributed by atoms with Crippen molar-refractivity contribution in [3.8, 4) is 5.75 Å². The highest BCUT2D eigenvalue weighted by atomic mass is 32.2. The molecule has 0 atom stereocenters. The van der Waals surface area contributed by atoms with E-state index < -0.39 is 5.97 Å². The first-order chi connectivity index (χ1) is 12.7. The zero-order valence-corrected chi connectivity index (χ0v) is 15.7. The number of ether oxygens (including phenoxy) is 1. The summed E-state index contributed by atoms with van der Waals surface area (Å²) in [4.78, 5) is 10.9. The fourth-order valence-electron chi connectivity index (χ4n) is 3.27. The van der Waals surface area contributed by atoms with E-state index in [2.05, 4.69) is 20.1 Å². The number of nitrogens with zero attached hydrogens (tertiary/aromatic N) is 3. The lowest BCUT2D eigenvalue weighted by atomic mass is 9.95. The molecule has 1 aliphatic carbocycles. The number of thioether (sulfide) groups is 1. The van der Waals surface area contributed by atoms with E-state index in [-0.39, 0.29) is 5.75 Å². The molecule has 3 rings (SSSR count). The number of carboxylic acid groups (broad SMARTS) is 1. The molecule has 0 unspecified atom stereocenters. The second-order valence-electron chi connectivity index (χ2n) is 6.33. The van der Waals surface area contributed by atoms with Gasteiger partial charge in [-0.05, 0) is 25.0 Å². The number of carbonyl (C=O) groups is 1. The minimum Gasteiger partial charge on any atom is -0.497 e. The molecule has 1 saturated carbocycles. The van der Waals surface area contributed by atoms with E-state index >= 15 is 0 Å². The van der Waals surface area contributed by atoms with Gasteiger partial charge in [0.25, 0.3) is 0 Å². The molecule has 7 nitrogen and oxygen atoms in total. The second-order valence-corrected chi connectivity index (χ2v) is 7.27. The first-order valence-corrected chi connectivity index (χ1v) is 9.82. The predicted molar refractivity (Wildman–Crippen MR) is 101 cm³/mol. The largest absolute Gasteiger partial charge is 0.497 e. The van der Waals surface area contributed by atoms with Crippen molar-refractivity contribution < 1.29 is 14.6 Å². The van der Waals surface area contributed by atoms with Gasteiger partial charge in [0.15, 0.2) is 11.0 Å². The van der Waals surface area contributed by atoms with Gasteiger partial charge in [0.2, 0.25) is 0 Å². The van der Waals surface area contributed by atoms with Crippen molar-refractivity contribution in [1.29, 1.82) is 0 Å². The third-order valence-electron chi connectivity index (χ3n) is 4.52. The summed E-state index contributed by atoms with van der Waals surface area (Å²) in [7, 11) is 1.64. The highest BCUT2D eigenvalue weighted by Crippen LogP contribution is 2.32. The fourth-order valence-corrected chi connectivity index (χ4v) is 4.02. The zero-order valence-electron chi connectivity index (χ0n) is 14.9. The van der Waals surface area contributed by atoms with Crippen LogP contribution in [-0.4, -0.2) is 38.7 Å². The smallest absolute Gasteiger partial charge is 0.313 e. The molecule has 1 aliphatic rings. The topological polar surface area (TPSA) is 89.3 Å². The molecule has 0 saturated heterocycles. The van der Waals surface area contributed by atoms with Gasteiger partial charge in [0.1, 0.15) is 5.75 Å².